The highest BCUT2D eigenvalue weighted by atomic mass is 16.2. The smallest absolute Gasteiger partial charge is 0.243 e. The molecule has 1 aliphatic heterocycles. The average Bonchev–Trinajstić information content (AvgIpc) is 2.62. The van der Waals surface area contributed by atoms with Gasteiger partial charge in [-0.3, -0.25) is 19.3 Å². The molecule has 0 unspecified atom stereocenters. The van der Waals surface area contributed by atoms with Crippen LogP contribution in [0.1, 0.15) is 25.3 Å². The second-order valence-corrected chi connectivity index (χ2v) is 7.02. The Hall–Kier alpha value is -2.41. The number of primary amides is 1. The molecule has 1 fully saturated rings. The van der Waals surface area contributed by atoms with E-state index in [0.29, 0.717) is 12.2 Å². The van der Waals surface area contributed by atoms with Crippen LogP contribution in [0.15, 0.2) is 24.3 Å². The quantitative estimate of drug-likeness (QED) is 0.790. The van der Waals surface area contributed by atoms with Crippen molar-refractivity contribution in [3.05, 3.63) is 29.8 Å². The molecule has 0 bridgehead atoms. The lowest BCUT2D eigenvalue weighted by molar-refractivity contribution is -0.139. The van der Waals surface area contributed by atoms with Crippen LogP contribution in [0.3, 0.4) is 0 Å². The summed E-state index contributed by atoms with van der Waals surface area (Å²) in [5.74, 6) is -0.922. The zero-order chi connectivity index (χ0) is 19.3. The molecule has 3 N–H and O–H groups in total. The van der Waals surface area contributed by atoms with Crippen LogP contribution in [0.2, 0.25) is 0 Å². The summed E-state index contributed by atoms with van der Waals surface area (Å²) in [6, 6.07) is 7.09. The minimum atomic E-state index is -0.394. The maximum absolute atomic E-state index is 12.6. The van der Waals surface area contributed by atoms with Crippen LogP contribution >= 0.6 is 0 Å². The number of nitrogens with two attached hydrogens (primary N) is 1. The molecule has 0 saturated carbocycles. The number of nitrogens with zero attached hydrogens (tertiary/aromatic N) is 2. The third-order valence-electron chi connectivity index (χ3n) is 4.85. The summed E-state index contributed by atoms with van der Waals surface area (Å²) in [5.41, 5.74) is 7.21. The lowest BCUT2D eigenvalue weighted by Gasteiger charge is -2.36. The van der Waals surface area contributed by atoms with E-state index in [-0.39, 0.29) is 30.2 Å². The Morgan fingerprint density at radius 3 is 2.58 bits per heavy atom. The predicted molar refractivity (Wildman–Crippen MR) is 100 cm³/mol. The fourth-order valence-corrected chi connectivity index (χ4v) is 3.20. The molecule has 26 heavy (non-hydrogen) atoms. The average molecular weight is 360 g/mol. The van der Waals surface area contributed by atoms with Gasteiger partial charge in [-0.15, -0.1) is 0 Å². The van der Waals surface area contributed by atoms with Gasteiger partial charge in [0.1, 0.15) is 0 Å². The molecule has 1 aromatic carbocycles. The van der Waals surface area contributed by atoms with Crippen LogP contribution in [0.25, 0.3) is 0 Å². The van der Waals surface area contributed by atoms with Crippen LogP contribution < -0.4 is 11.1 Å². The third-order valence-corrected chi connectivity index (χ3v) is 4.85. The van der Waals surface area contributed by atoms with E-state index in [2.05, 4.69) is 5.32 Å². The Morgan fingerprint density at radius 1 is 1.31 bits per heavy atom. The number of carbonyl (C=O) groups excluding carboxylic acids is 3. The topological polar surface area (TPSA) is 95.7 Å². The van der Waals surface area contributed by atoms with Crippen molar-refractivity contribution in [2.75, 3.05) is 32.0 Å². The van der Waals surface area contributed by atoms with Crippen molar-refractivity contribution in [1.82, 2.24) is 9.80 Å². The molecule has 142 valence electrons. The number of anilines is 1. The van der Waals surface area contributed by atoms with E-state index in [1.165, 1.54) is 4.90 Å². The Morgan fingerprint density at radius 2 is 1.96 bits per heavy atom. The number of carbonyl (C=O) groups is 3. The van der Waals surface area contributed by atoms with Crippen molar-refractivity contribution in [3.63, 3.8) is 0 Å². The van der Waals surface area contributed by atoms with Crippen molar-refractivity contribution in [2.24, 2.45) is 11.7 Å². The highest BCUT2D eigenvalue weighted by molar-refractivity contribution is 5.95. The monoisotopic (exact) mass is 360 g/mol. The fourth-order valence-electron chi connectivity index (χ4n) is 3.20. The summed E-state index contributed by atoms with van der Waals surface area (Å²) in [5, 5.41) is 2.79. The van der Waals surface area contributed by atoms with Gasteiger partial charge >= 0.3 is 0 Å². The third kappa shape index (κ3) is 5.29. The first-order valence-corrected chi connectivity index (χ1v) is 8.92. The van der Waals surface area contributed by atoms with Gasteiger partial charge in [-0.2, -0.15) is 0 Å². The molecule has 2 rings (SSSR count). The van der Waals surface area contributed by atoms with Crippen molar-refractivity contribution in [3.8, 4) is 0 Å². The molecule has 7 heteroatoms. The van der Waals surface area contributed by atoms with Crippen LogP contribution in [0.5, 0.6) is 0 Å². The van der Waals surface area contributed by atoms with Gasteiger partial charge in [-0.25, -0.2) is 0 Å². The Bertz CT molecular complexity index is 659. The number of likely N-dealkylation sites (tertiary alicyclic amines) is 1. The van der Waals surface area contributed by atoms with Crippen LogP contribution in [0, 0.1) is 12.8 Å². The summed E-state index contributed by atoms with van der Waals surface area (Å²) in [6.45, 7) is 5.00. The first kappa shape index (κ1) is 19.9. The molecule has 0 aliphatic carbocycles. The highest BCUT2D eigenvalue weighted by Crippen LogP contribution is 2.19. The highest BCUT2D eigenvalue weighted by Gasteiger charge is 2.31. The summed E-state index contributed by atoms with van der Waals surface area (Å²) >= 11 is 0. The summed E-state index contributed by atoms with van der Waals surface area (Å²) in [6.07, 6.45) is 1.60. The Kier molecular flexibility index (Phi) is 6.74. The van der Waals surface area contributed by atoms with Gasteiger partial charge in [0.15, 0.2) is 0 Å². The second kappa shape index (κ2) is 8.80. The van der Waals surface area contributed by atoms with E-state index < -0.39 is 6.04 Å². The van der Waals surface area contributed by atoms with Crippen LogP contribution in [-0.2, 0) is 14.4 Å². The normalized spacial score (nSPS) is 18.8. The fraction of sp³-hybridized carbons (Fsp3) is 0.526. The number of likely N-dealkylation sites (N-methyl/N-ethyl adjacent to an activating group) is 1. The zero-order valence-corrected chi connectivity index (χ0v) is 15.7. The molecule has 0 radical (unpaired) electrons. The van der Waals surface area contributed by atoms with E-state index in [0.717, 1.165) is 24.9 Å². The number of benzene rings is 1. The summed E-state index contributed by atoms with van der Waals surface area (Å²) in [7, 11) is 1.61. The molecule has 0 aromatic heterocycles. The molecule has 1 saturated heterocycles. The number of piperidine rings is 1. The van der Waals surface area contributed by atoms with E-state index in [4.69, 9.17) is 5.73 Å². The van der Waals surface area contributed by atoms with Crippen molar-refractivity contribution in [1.29, 1.82) is 0 Å². The van der Waals surface area contributed by atoms with Crippen molar-refractivity contribution >= 4 is 23.4 Å². The Balaban J connectivity index is 1.88. The molecule has 1 aliphatic rings. The lowest BCUT2D eigenvalue weighted by atomic mass is 9.96. The molecule has 1 aromatic rings. The minimum absolute atomic E-state index is 0.0237. The first-order valence-electron chi connectivity index (χ1n) is 8.92. The van der Waals surface area contributed by atoms with Crippen LogP contribution in [-0.4, -0.2) is 60.2 Å². The molecule has 2 atom stereocenters. The molecule has 3 amide bonds. The SMILES string of the molecule is Cc1ccc(NC(=O)CN(C)C(=O)[C@H](C)N2CCC[C@H](C(N)=O)C2)cc1. The maximum atomic E-state index is 12.6. The number of rotatable bonds is 6. The molecule has 7 nitrogen and oxygen atoms in total. The Labute approximate surface area is 154 Å². The van der Waals surface area contributed by atoms with E-state index in [9.17, 15) is 14.4 Å². The minimum Gasteiger partial charge on any atom is -0.369 e. The number of hydrogen-bond acceptors (Lipinski definition) is 4. The van der Waals surface area contributed by atoms with Gasteiger partial charge in [0, 0.05) is 19.3 Å². The molecule has 0 spiro atoms. The van der Waals surface area contributed by atoms with E-state index in [1.54, 1.807) is 14.0 Å². The lowest BCUT2D eigenvalue weighted by Crippen LogP contribution is -2.52. The standard InChI is InChI=1S/C19H28N4O3/c1-13-6-8-16(9-7-13)21-17(24)12-22(3)19(26)14(2)23-10-4-5-15(11-23)18(20)25/h6-9,14-15H,4-5,10-12H2,1-3H3,(H2,20,25)(H,21,24)/t14-,15-/m0/s1. The molecule has 1 heterocycles. The zero-order valence-electron chi connectivity index (χ0n) is 15.7. The van der Waals surface area contributed by atoms with Crippen LogP contribution in [0.4, 0.5) is 5.69 Å². The maximum Gasteiger partial charge on any atom is 0.243 e. The van der Waals surface area contributed by atoms with Gasteiger partial charge in [-0.1, -0.05) is 17.7 Å². The van der Waals surface area contributed by atoms with Gasteiger partial charge in [0.25, 0.3) is 0 Å². The van der Waals surface area contributed by atoms with E-state index in [1.807, 2.05) is 36.1 Å². The summed E-state index contributed by atoms with van der Waals surface area (Å²) in [4.78, 5) is 39.6. The van der Waals surface area contributed by atoms with Crippen molar-refractivity contribution in [2.45, 2.75) is 32.7 Å². The largest absolute Gasteiger partial charge is 0.369 e. The van der Waals surface area contributed by atoms with E-state index >= 15 is 0 Å². The van der Waals surface area contributed by atoms with Crippen molar-refractivity contribution < 1.29 is 14.4 Å². The van der Waals surface area contributed by atoms with Gasteiger partial charge in [0.2, 0.25) is 17.7 Å². The van der Waals surface area contributed by atoms with Gasteiger partial charge in [0.05, 0.1) is 18.5 Å². The van der Waals surface area contributed by atoms with Gasteiger partial charge in [-0.05, 0) is 45.4 Å². The first-order chi connectivity index (χ1) is 12.3. The van der Waals surface area contributed by atoms with Gasteiger partial charge < -0.3 is 16.0 Å². The molecular formula is C19H28N4O3. The number of nitrogens with one attached hydrogen (secondary N) is 1. The summed E-state index contributed by atoms with van der Waals surface area (Å²) < 4.78 is 0. The second-order valence-electron chi connectivity index (χ2n) is 7.02. The number of hydrogen-bond donors (Lipinski definition) is 2. The number of aryl methyl sites for hydroxylation is 1. The number of amides is 3. The molecular weight excluding hydrogens is 332 g/mol. The predicted octanol–water partition coefficient (Wildman–Crippen LogP) is 0.978.